The first-order chi connectivity index (χ1) is 29.0. The molecule has 0 heterocycles. The van der Waals surface area contributed by atoms with E-state index in [4.69, 9.17) is 4.74 Å². The standard InChI is InChI=1S/C53H87NO5/c1-4-7-10-13-16-19-22-25-26-28-31-34-37-40-43-46-53(58)59-49(44-41-38-35-32-29-27-23-20-17-14-11-8-5-2)47-52(57)54-50(48-55)51(56)45-42-39-36-33-30-24-21-18-15-12-9-6-3/h7-8,10-11,13-14,16-17,19-20,22-23,25-29,31,49-51,55-56H,4-6,9,12,15,18,21,24,30,32-48H2,1-3H3,(H,54,57)/b10-7+,11-8+,16-13+,17-14+,22-19-,23-20+,26-25-,29-27-,31-28+. The third-order valence-corrected chi connectivity index (χ3v) is 10.1. The van der Waals surface area contributed by atoms with E-state index in [2.05, 4.69) is 56.5 Å². The van der Waals surface area contributed by atoms with Crippen molar-refractivity contribution in [3.8, 4) is 0 Å². The SMILES string of the molecule is CC/C=C/C=C/C=C\C=C/C=C/CCCCCC(=O)OC(CCCCC\C=C/C=C/C=C/C=C/CC)CC(=O)NC(CO)C(O)CCCCCCCCCCCCCC. The predicted molar refractivity (Wildman–Crippen MR) is 254 cm³/mol. The third kappa shape index (κ3) is 41.1. The van der Waals surface area contributed by atoms with Gasteiger partial charge in [0.1, 0.15) is 6.10 Å². The van der Waals surface area contributed by atoms with Gasteiger partial charge >= 0.3 is 5.97 Å². The van der Waals surface area contributed by atoms with E-state index in [9.17, 15) is 19.8 Å². The number of hydrogen-bond donors (Lipinski definition) is 3. The maximum absolute atomic E-state index is 13.2. The average Bonchev–Trinajstić information content (AvgIpc) is 3.23. The van der Waals surface area contributed by atoms with Crippen LogP contribution in [-0.2, 0) is 14.3 Å². The third-order valence-electron chi connectivity index (χ3n) is 10.1. The number of ether oxygens (including phenoxy) is 1. The molecule has 0 aromatic carbocycles. The Morgan fingerprint density at radius 3 is 1.39 bits per heavy atom. The molecule has 0 aromatic rings. The smallest absolute Gasteiger partial charge is 0.306 e. The molecule has 0 aliphatic carbocycles. The number of aliphatic hydroxyl groups excluding tert-OH is 2. The van der Waals surface area contributed by atoms with Crippen LogP contribution in [0.3, 0.4) is 0 Å². The van der Waals surface area contributed by atoms with Gasteiger partial charge in [0.2, 0.25) is 5.91 Å². The molecule has 0 saturated carbocycles. The number of allylic oxidation sites excluding steroid dienone is 18. The zero-order chi connectivity index (χ0) is 43.1. The summed E-state index contributed by atoms with van der Waals surface area (Å²) >= 11 is 0. The summed E-state index contributed by atoms with van der Waals surface area (Å²) < 4.78 is 5.87. The Morgan fingerprint density at radius 1 is 0.508 bits per heavy atom. The van der Waals surface area contributed by atoms with E-state index in [1.165, 1.54) is 57.8 Å². The highest BCUT2D eigenvalue weighted by Crippen LogP contribution is 2.17. The Balaban J connectivity index is 4.77. The predicted octanol–water partition coefficient (Wildman–Crippen LogP) is 13.9. The molecule has 3 atom stereocenters. The minimum absolute atomic E-state index is 0.0267. The van der Waals surface area contributed by atoms with Gasteiger partial charge in [-0.25, -0.2) is 0 Å². The number of nitrogens with one attached hydrogen (secondary N) is 1. The minimum atomic E-state index is -0.812. The highest BCUT2D eigenvalue weighted by molar-refractivity contribution is 5.77. The molecule has 59 heavy (non-hydrogen) atoms. The Morgan fingerprint density at radius 2 is 0.915 bits per heavy atom. The first-order valence-corrected chi connectivity index (χ1v) is 23.7. The molecular formula is C53H87NO5. The number of unbranched alkanes of at least 4 members (excludes halogenated alkanes) is 17. The number of aliphatic hydroxyl groups is 2. The van der Waals surface area contributed by atoms with E-state index < -0.39 is 18.2 Å². The van der Waals surface area contributed by atoms with Gasteiger partial charge in [0.15, 0.2) is 0 Å². The summed E-state index contributed by atoms with van der Waals surface area (Å²) in [4.78, 5) is 26.0. The van der Waals surface area contributed by atoms with Crippen molar-refractivity contribution < 1.29 is 24.5 Å². The number of carbonyl (C=O) groups is 2. The van der Waals surface area contributed by atoms with Crippen LogP contribution >= 0.6 is 0 Å². The molecule has 0 aliphatic heterocycles. The molecule has 3 unspecified atom stereocenters. The van der Waals surface area contributed by atoms with Gasteiger partial charge in [0.25, 0.3) is 0 Å². The van der Waals surface area contributed by atoms with Gasteiger partial charge in [0.05, 0.1) is 25.2 Å². The molecule has 0 bridgehead atoms. The molecular weight excluding hydrogens is 731 g/mol. The van der Waals surface area contributed by atoms with Gasteiger partial charge in [-0.15, -0.1) is 0 Å². The molecule has 0 saturated heterocycles. The second-order valence-corrected chi connectivity index (χ2v) is 15.6. The number of carbonyl (C=O) groups excluding carboxylic acids is 2. The van der Waals surface area contributed by atoms with Crippen LogP contribution in [0, 0.1) is 0 Å². The molecule has 1 amide bonds. The molecule has 0 rings (SSSR count). The summed E-state index contributed by atoms with van der Waals surface area (Å²) in [5, 5.41) is 23.7. The summed E-state index contributed by atoms with van der Waals surface area (Å²) in [5.74, 6) is -0.576. The zero-order valence-corrected chi connectivity index (χ0v) is 37.8. The van der Waals surface area contributed by atoms with Crippen molar-refractivity contribution in [3.63, 3.8) is 0 Å². The minimum Gasteiger partial charge on any atom is -0.462 e. The van der Waals surface area contributed by atoms with E-state index >= 15 is 0 Å². The van der Waals surface area contributed by atoms with E-state index in [1.54, 1.807) is 0 Å². The highest BCUT2D eigenvalue weighted by atomic mass is 16.5. The second kappa shape index (κ2) is 45.6. The molecule has 3 N–H and O–H groups in total. The van der Waals surface area contributed by atoms with E-state index in [-0.39, 0.29) is 24.9 Å². The fourth-order valence-electron chi connectivity index (χ4n) is 6.52. The van der Waals surface area contributed by atoms with Crippen molar-refractivity contribution in [2.45, 2.75) is 206 Å². The second-order valence-electron chi connectivity index (χ2n) is 15.6. The monoisotopic (exact) mass is 818 g/mol. The molecule has 0 fully saturated rings. The summed E-state index contributed by atoms with van der Waals surface area (Å²) in [6, 6.07) is -0.730. The van der Waals surface area contributed by atoms with Crippen LogP contribution in [0.25, 0.3) is 0 Å². The van der Waals surface area contributed by atoms with E-state index in [0.29, 0.717) is 19.3 Å². The van der Waals surface area contributed by atoms with Crippen molar-refractivity contribution in [1.82, 2.24) is 5.32 Å². The number of esters is 1. The van der Waals surface area contributed by atoms with Gasteiger partial charge in [-0.1, -0.05) is 220 Å². The highest BCUT2D eigenvalue weighted by Gasteiger charge is 2.24. The maximum atomic E-state index is 13.2. The van der Waals surface area contributed by atoms with Crippen LogP contribution in [0.15, 0.2) is 109 Å². The Bertz CT molecular complexity index is 1240. The van der Waals surface area contributed by atoms with Crippen LogP contribution in [0.1, 0.15) is 188 Å². The lowest BCUT2D eigenvalue weighted by Crippen LogP contribution is -2.46. The van der Waals surface area contributed by atoms with Gasteiger partial charge in [-0.3, -0.25) is 9.59 Å². The molecule has 0 radical (unpaired) electrons. The van der Waals surface area contributed by atoms with Crippen LogP contribution in [0.2, 0.25) is 0 Å². The Hall–Kier alpha value is -3.48. The lowest BCUT2D eigenvalue weighted by atomic mass is 10.0. The van der Waals surface area contributed by atoms with Crippen LogP contribution in [0.5, 0.6) is 0 Å². The summed E-state index contributed by atoms with van der Waals surface area (Å²) in [7, 11) is 0. The van der Waals surface area contributed by atoms with Crippen molar-refractivity contribution in [3.05, 3.63) is 109 Å². The Kier molecular flexibility index (Phi) is 42.9. The largest absolute Gasteiger partial charge is 0.462 e. The van der Waals surface area contributed by atoms with Gasteiger partial charge in [-0.05, 0) is 64.2 Å². The lowest BCUT2D eigenvalue weighted by molar-refractivity contribution is -0.151. The summed E-state index contributed by atoms with van der Waals surface area (Å²) in [5.41, 5.74) is 0. The topological polar surface area (TPSA) is 95.9 Å². The lowest BCUT2D eigenvalue weighted by Gasteiger charge is -2.24. The molecule has 6 nitrogen and oxygen atoms in total. The van der Waals surface area contributed by atoms with Crippen molar-refractivity contribution >= 4 is 11.9 Å². The van der Waals surface area contributed by atoms with Gasteiger partial charge in [-0.2, -0.15) is 0 Å². The number of amides is 1. The molecule has 0 aliphatic rings. The molecule has 6 heteroatoms. The maximum Gasteiger partial charge on any atom is 0.306 e. The van der Waals surface area contributed by atoms with Crippen molar-refractivity contribution in [2.24, 2.45) is 0 Å². The van der Waals surface area contributed by atoms with Crippen molar-refractivity contribution in [2.75, 3.05) is 6.61 Å². The fourth-order valence-corrected chi connectivity index (χ4v) is 6.52. The van der Waals surface area contributed by atoms with E-state index in [1.807, 2.05) is 79.0 Å². The number of hydrogen-bond acceptors (Lipinski definition) is 5. The van der Waals surface area contributed by atoms with Crippen LogP contribution in [0.4, 0.5) is 0 Å². The van der Waals surface area contributed by atoms with Crippen molar-refractivity contribution in [1.29, 1.82) is 0 Å². The fraction of sp³-hybridized carbons (Fsp3) is 0.623. The van der Waals surface area contributed by atoms with Crippen LogP contribution < -0.4 is 5.32 Å². The number of rotatable bonds is 40. The first kappa shape index (κ1) is 55.5. The summed E-state index contributed by atoms with van der Waals surface area (Å²) in [6.45, 7) is 6.15. The summed E-state index contributed by atoms with van der Waals surface area (Å²) in [6.07, 6.45) is 61.4. The average molecular weight is 818 g/mol. The first-order valence-electron chi connectivity index (χ1n) is 23.7. The Labute approximate surface area is 362 Å². The van der Waals surface area contributed by atoms with Gasteiger partial charge < -0.3 is 20.3 Å². The molecule has 334 valence electrons. The molecule has 0 spiro atoms. The normalized spacial score (nSPS) is 14.3. The quantitative estimate of drug-likeness (QED) is 0.0325. The molecule has 0 aromatic heterocycles. The zero-order valence-electron chi connectivity index (χ0n) is 37.8. The van der Waals surface area contributed by atoms with Gasteiger partial charge in [0, 0.05) is 6.42 Å². The van der Waals surface area contributed by atoms with E-state index in [0.717, 1.165) is 83.5 Å². The van der Waals surface area contributed by atoms with Crippen LogP contribution in [-0.4, -0.2) is 46.9 Å².